The van der Waals surface area contributed by atoms with E-state index in [1.165, 1.54) is 0 Å². The van der Waals surface area contributed by atoms with Gasteiger partial charge in [-0.25, -0.2) is 13.6 Å². The minimum atomic E-state index is -3.44. The summed E-state index contributed by atoms with van der Waals surface area (Å²) in [6.45, 7) is 0.390. The molecule has 100 valence electrons. The van der Waals surface area contributed by atoms with E-state index < -0.39 is 15.3 Å². The van der Waals surface area contributed by atoms with Crippen molar-refractivity contribution in [1.29, 1.82) is 0 Å². The zero-order valence-corrected chi connectivity index (χ0v) is 11.1. The van der Waals surface area contributed by atoms with Crippen molar-refractivity contribution in [3.63, 3.8) is 0 Å². The van der Waals surface area contributed by atoms with Gasteiger partial charge < -0.3 is 10.1 Å². The number of ether oxygens (including phenoxy) is 1. The van der Waals surface area contributed by atoms with Crippen LogP contribution in [0, 0.1) is 0 Å². The molecule has 1 aromatic rings. The Bertz CT molecular complexity index is 508. The lowest BCUT2D eigenvalue weighted by atomic mass is 9.96. The number of piperidine rings is 1. The molecule has 0 spiro atoms. The quantitative estimate of drug-likeness (QED) is 0.850. The number of nitrogens with one attached hydrogen (secondary N) is 1. The summed E-state index contributed by atoms with van der Waals surface area (Å²) >= 11 is 0. The first-order chi connectivity index (χ1) is 8.52. The van der Waals surface area contributed by atoms with Gasteiger partial charge in [-0.2, -0.15) is 0 Å². The van der Waals surface area contributed by atoms with Crippen LogP contribution in [0.2, 0.25) is 0 Å². The SMILES string of the molecule is COc1ccccc1C1CCC(S(N)(=O)=O)CN1. The van der Waals surface area contributed by atoms with Crippen molar-refractivity contribution in [2.45, 2.75) is 24.1 Å². The van der Waals surface area contributed by atoms with Gasteiger partial charge in [-0.15, -0.1) is 0 Å². The van der Waals surface area contributed by atoms with Gasteiger partial charge in [0, 0.05) is 18.2 Å². The van der Waals surface area contributed by atoms with E-state index in [1.54, 1.807) is 7.11 Å². The van der Waals surface area contributed by atoms with Crippen molar-refractivity contribution in [1.82, 2.24) is 5.32 Å². The van der Waals surface area contributed by atoms with E-state index in [0.717, 1.165) is 17.7 Å². The van der Waals surface area contributed by atoms with Gasteiger partial charge in [-0.3, -0.25) is 0 Å². The average Bonchev–Trinajstić information content (AvgIpc) is 2.38. The minimum Gasteiger partial charge on any atom is -0.496 e. The molecule has 0 amide bonds. The van der Waals surface area contributed by atoms with Crippen LogP contribution in [0.1, 0.15) is 24.4 Å². The van der Waals surface area contributed by atoms with Crippen molar-refractivity contribution in [3.05, 3.63) is 29.8 Å². The Kier molecular flexibility index (Phi) is 3.89. The van der Waals surface area contributed by atoms with Gasteiger partial charge in [0.25, 0.3) is 0 Å². The highest BCUT2D eigenvalue weighted by Crippen LogP contribution is 2.31. The lowest BCUT2D eigenvalue weighted by Gasteiger charge is -2.29. The van der Waals surface area contributed by atoms with Crippen LogP contribution in [-0.2, 0) is 10.0 Å². The number of primary sulfonamides is 1. The largest absolute Gasteiger partial charge is 0.496 e. The summed E-state index contributed by atoms with van der Waals surface area (Å²) in [4.78, 5) is 0. The fourth-order valence-corrected chi connectivity index (χ4v) is 3.12. The Balaban J connectivity index is 2.10. The molecule has 2 unspecified atom stereocenters. The molecule has 2 rings (SSSR count). The van der Waals surface area contributed by atoms with Crippen LogP contribution >= 0.6 is 0 Å². The van der Waals surface area contributed by atoms with Crippen molar-refractivity contribution in [2.24, 2.45) is 5.14 Å². The van der Waals surface area contributed by atoms with Crippen LogP contribution in [0.5, 0.6) is 5.75 Å². The molecule has 0 bridgehead atoms. The van der Waals surface area contributed by atoms with Crippen molar-refractivity contribution >= 4 is 10.0 Å². The molecule has 0 radical (unpaired) electrons. The van der Waals surface area contributed by atoms with Crippen LogP contribution in [0.4, 0.5) is 0 Å². The Hall–Kier alpha value is -1.11. The molecule has 0 aromatic heterocycles. The van der Waals surface area contributed by atoms with E-state index in [0.29, 0.717) is 13.0 Å². The van der Waals surface area contributed by atoms with E-state index in [9.17, 15) is 8.42 Å². The first kappa shape index (κ1) is 13.3. The summed E-state index contributed by atoms with van der Waals surface area (Å²) in [6.07, 6.45) is 1.32. The topological polar surface area (TPSA) is 81.4 Å². The third-order valence-electron chi connectivity index (χ3n) is 3.35. The van der Waals surface area contributed by atoms with Crippen molar-refractivity contribution in [3.8, 4) is 5.75 Å². The van der Waals surface area contributed by atoms with E-state index in [1.807, 2.05) is 24.3 Å². The molecule has 5 nitrogen and oxygen atoms in total. The zero-order chi connectivity index (χ0) is 13.2. The number of nitrogens with two attached hydrogens (primary N) is 1. The highest BCUT2D eigenvalue weighted by Gasteiger charge is 2.29. The van der Waals surface area contributed by atoms with E-state index in [-0.39, 0.29) is 6.04 Å². The predicted octanol–water partition coefficient (Wildman–Crippen LogP) is 0.777. The van der Waals surface area contributed by atoms with Crippen LogP contribution < -0.4 is 15.2 Å². The summed E-state index contributed by atoms with van der Waals surface area (Å²) in [5, 5.41) is 7.90. The van der Waals surface area contributed by atoms with Gasteiger partial charge in [-0.05, 0) is 18.9 Å². The number of benzene rings is 1. The Labute approximate surface area is 107 Å². The monoisotopic (exact) mass is 270 g/mol. The highest BCUT2D eigenvalue weighted by atomic mass is 32.2. The second kappa shape index (κ2) is 5.26. The fourth-order valence-electron chi connectivity index (χ4n) is 2.33. The van der Waals surface area contributed by atoms with Gasteiger partial charge in [-0.1, -0.05) is 18.2 Å². The van der Waals surface area contributed by atoms with Crippen LogP contribution in [0.15, 0.2) is 24.3 Å². The van der Waals surface area contributed by atoms with Gasteiger partial charge in [0.2, 0.25) is 10.0 Å². The number of methoxy groups -OCH3 is 1. The average molecular weight is 270 g/mol. The molecule has 0 saturated carbocycles. The van der Waals surface area contributed by atoms with E-state index >= 15 is 0 Å². The third kappa shape index (κ3) is 2.82. The Morgan fingerprint density at radius 3 is 2.61 bits per heavy atom. The number of rotatable bonds is 3. The smallest absolute Gasteiger partial charge is 0.213 e. The minimum absolute atomic E-state index is 0.124. The predicted molar refractivity (Wildman–Crippen MR) is 69.9 cm³/mol. The molecule has 3 N–H and O–H groups in total. The summed E-state index contributed by atoms with van der Waals surface area (Å²) < 4.78 is 27.8. The second-order valence-electron chi connectivity index (χ2n) is 4.49. The van der Waals surface area contributed by atoms with Crippen molar-refractivity contribution in [2.75, 3.05) is 13.7 Å². The summed E-state index contributed by atoms with van der Waals surface area (Å²) in [5.41, 5.74) is 1.06. The maximum absolute atomic E-state index is 11.3. The molecule has 18 heavy (non-hydrogen) atoms. The summed E-state index contributed by atoms with van der Waals surface area (Å²) in [5.74, 6) is 0.823. The van der Waals surface area contributed by atoms with Gasteiger partial charge >= 0.3 is 0 Å². The second-order valence-corrected chi connectivity index (χ2v) is 6.34. The molecule has 1 heterocycles. The molecular formula is C12H18N2O3S. The maximum Gasteiger partial charge on any atom is 0.213 e. The van der Waals surface area contributed by atoms with Gasteiger partial charge in [0.1, 0.15) is 5.75 Å². The first-order valence-corrected chi connectivity index (χ1v) is 7.51. The van der Waals surface area contributed by atoms with Crippen LogP contribution in [0.3, 0.4) is 0 Å². The third-order valence-corrected chi connectivity index (χ3v) is 4.68. The Morgan fingerprint density at radius 1 is 1.33 bits per heavy atom. The molecular weight excluding hydrogens is 252 g/mol. The molecule has 1 aromatic carbocycles. The molecule has 1 aliphatic heterocycles. The van der Waals surface area contributed by atoms with E-state index in [4.69, 9.17) is 9.88 Å². The number of hydrogen-bond acceptors (Lipinski definition) is 4. The van der Waals surface area contributed by atoms with E-state index in [2.05, 4.69) is 5.32 Å². The molecule has 6 heteroatoms. The van der Waals surface area contributed by atoms with Gasteiger partial charge in [0.15, 0.2) is 0 Å². The number of sulfonamides is 1. The zero-order valence-electron chi connectivity index (χ0n) is 10.3. The molecule has 1 fully saturated rings. The maximum atomic E-state index is 11.3. The standard InChI is InChI=1S/C12H18N2O3S/c1-17-12-5-3-2-4-10(12)11-7-6-9(8-14-11)18(13,15)16/h2-5,9,11,14H,6-8H2,1H3,(H2,13,15,16). The molecule has 2 atom stereocenters. The first-order valence-electron chi connectivity index (χ1n) is 5.90. The lowest BCUT2D eigenvalue weighted by molar-refractivity contribution is 0.373. The number of hydrogen-bond donors (Lipinski definition) is 2. The van der Waals surface area contributed by atoms with Gasteiger partial charge in [0.05, 0.1) is 12.4 Å². The Morgan fingerprint density at radius 2 is 2.06 bits per heavy atom. The van der Waals surface area contributed by atoms with Crippen molar-refractivity contribution < 1.29 is 13.2 Å². The fraction of sp³-hybridized carbons (Fsp3) is 0.500. The highest BCUT2D eigenvalue weighted by molar-refractivity contribution is 7.89. The van der Waals surface area contributed by atoms with Crippen LogP contribution in [-0.4, -0.2) is 27.3 Å². The normalized spacial score (nSPS) is 24.8. The molecule has 1 saturated heterocycles. The lowest BCUT2D eigenvalue weighted by Crippen LogP contribution is -2.43. The molecule has 0 aliphatic carbocycles. The molecule has 1 aliphatic rings. The summed E-state index contributed by atoms with van der Waals surface area (Å²) in [6, 6.07) is 7.89. The number of para-hydroxylation sites is 1. The van der Waals surface area contributed by atoms with Crippen LogP contribution in [0.25, 0.3) is 0 Å². The summed E-state index contributed by atoms with van der Waals surface area (Å²) in [7, 11) is -1.81.